The van der Waals surface area contributed by atoms with Crippen LogP contribution in [0.15, 0.2) is 11.1 Å². The summed E-state index contributed by atoms with van der Waals surface area (Å²) in [6.45, 7) is 6.37. The quantitative estimate of drug-likeness (QED) is 0.549. The van der Waals surface area contributed by atoms with Crippen LogP contribution in [-0.2, 0) is 0 Å². The number of hydrogen-bond donors (Lipinski definition) is 2. The SMILES string of the molecule is CCCCCC(C)CC(CN1CNc2c1nc[nH]c2=O)SC1CCCCC1. The number of rotatable bonds is 10. The molecule has 27 heavy (non-hydrogen) atoms. The predicted molar refractivity (Wildman–Crippen MR) is 117 cm³/mol. The zero-order chi connectivity index (χ0) is 19.1. The fourth-order valence-electron chi connectivity index (χ4n) is 4.39. The molecule has 6 heteroatoms. The second-order valence-corrected chi connectivity index (χ2v) is 9.95. The van der Waals surface area contributed by atoms with E-state index < -0.39 is 0 Å². The van der Waals surface area contributed by atoms with Crippen LogP contribution >= 0.6 is 11.8 Å². The van der Waals surface area contributed by atoms with Crippen molar-refractivity contribution in [2.24, 2.45) is 5.92 Å². The minimum absolute atomic E-state index is 0.0630. The minimum atomic E-state index is -0.0630. The van der Waals surface area contributed by atoms with Crippen molar-refractivity contribution >= 4 is 23.3 Å². The molecule has 2 unspecified atom stereocenters. The van der Waals surface area contributed by atoms with Crippen LogP contribution < -0.4 is 15.8 Å². The van der Waals surface area contributed by atoms with E-state index in [0.29, 0.717) is 17.6 Å². The van der Waals surface area contributed by atoms with E-state index in [1.165, 1.54) is 70.5 Å². The number of unbranched alkanes of at least 4 members (excludes halogenated alkanes) is 2. The van der Waals surface area contributed by atoms with E-state index in [9.17, 15) is 4.79 Å². The van der Waals surface area contributed by atoms with Gasteiger partial charge < -0.3 is 15.2 Å². The highest BCUT2D eigenvalue weighted by Crippen LogP contribution is 2.36. The van der Waals surface area contributed by atoms with Crippen molar-refractivity contribution in [2.45, 2.75) is 88.6 Å². The summed E-state index contributed by atoms with van der Waals surface area (Å²) >= 11 is 2.22. The lowest BCUT2D eigenvalue weighted by Gasteiger charge is -2.31. The average Bonchev–Trinajstić information content (AvgIpc) is 3.07. The molecule has 152 valence electrons. The maximum atomic E-state index is 12.0. The molecule has 3 rings (SSSR count). The zero-order valence-corrected chi connectivity index (χ0v) is 17.8. The first-order chi connectivity index (χ1) is 13.2. The van der Waals surface area contributed by atoms with Crippen LogP contribution in [0.5, 0.6) is 0 Å². The first-order valence-corrected chi connectivity index (χ1v) is 11.8. The number of thioether (sulfide) groups is 1. The summed E-state index contributed by atoms with van der Waals surface area (Å²) in [5.41, 5.74) is 0.571. The summed E-state index contributed by atoms with van der Waals surface area (Å²) in [5, 5.41) is 4.66. The molecule has 0 bridgehead atoms. The molecular formula is C21H36N4OS. The Labute approximate surface area is 168 Å². The second kappa shape index (κ2) is 10.4. The monoisotopic (exact) mass is 392 g/mol. The highest BCUT2D eigenvalue weighted by atomic mass is 32.2. The first-order valence-electron chi connectivity index (χ1n) is 10.9. The van der Waals surface area contributed by atoms with Gasteiger partial charge in [-0.05, 0) is 25.2 Å². The first kappa shape index (κ1) is 20.6. The normalized spacial score (nSPS) is 19.6. The van der Waals surface area contributed by atoms with Crippen molar-refractivity contribution in [3.05, 3.63) is 16.7 Å². The van der Waals surface area contributed by atoms with Gasteiger partial charge in [0.2, 0.25) is 0 Å². The highest BCUT2D eigenvalue weighted by molar-refractivity contribution is 8.00. The average molecular weight is 393 g/mol. The number of hydrogen-bond acceptors (Lipinski definition) is 5. The third-order valence-electron chi connectivity index (χ3n) is 5.91. The molecular weight excluding hydrogens is 356 g/mol. The molecule has 0 amide bonds. The third kappa shape index (κ3) is 5.90. The fraction of sp³-hybridized carbons (Fsp3) is 0.810. The van der Waals surface area contributed by atoms with Gasteiger partial charge in [0, 0.05) is 17.0 Å². The molecule has 1 fully saturated rings. The van der Waals surface area contributed by atoms with Crippen LogP contribution in [-0.4, -0.2) is 33.7 Å². The van der Waals surface area contributed by atoms with Crippen LogP contribution in [0.25, 0.3) is 0 Å². The Hall–Kier alpha value is -1.17. The van der Waals surface area contributed by atoms with Gasteiger partial charge in [-0.25, -0.2) is 4.98 Å². The molecule has 0 radical (unpaired) electrons. The molecule has 1 aromatic heterocycles. The number of aromatic nitrogens is 2. The van der Waals surface area contributed by atoms with Gasteiger partial charge in [-0.2, -0.15) is 11.8 Å². The Morgan fingerprint density at radius 3 is 2.89 bits per heavy atom. The molecule has 1 aliphatic carbocycles. The molecule has 2 N–H and O–H groups in total. The molecule has 0 spiro atoms. The molecule has 2 heterocycles. The Morgan fingerprint density at radius 1 is 1.30 bits per heavy atom. The van der Waals surface area contributed by atoms with Gasteiger partial charge in [-0.15, -0.1) is 0 Å². The van der Waals surface area contributed by atoms with Gasteiger partial charge in [0.05, 0.1) is 13.0 Å². The van der Waals surface area contributed by atoms with E-state index in [4.69, 9.17) is 0 Å². The number of aromatic amines is 1. The number of nitrogens with zero attached hydrogens (tertiary/aromatic N) is 2. The summed E-state index contributed by atoms with van der Waals surface area (Å²) < 4.78 is 0. The molecule has 1 aromatic rings. The lowest BCUT2D eigenvalue weighted by Crippen LogP contribution is -2.33. The topological polar surface area (TPSA) is 61.0 Å². The van der Waals surface area contributed by atoms with Crippen molar-refractivity contribution in [1.29, 1.82) is 0 Å². The lowest BCUT2D eigenvalue weighted by molar-refractivity contribution is 0.453. The molecule has 5 nitrogen and oxygen atoms in total. The standard InChI is InChI=1S/C21H36N4OS/c1-3-4-6-9-16(2)12-18(27-17-10-7-5-8-11-17)13-25-15-24-19-20(25)22-14-23-21(19)26/h14,16-18,24H,3-13,15H2,1-2H3,(H,22,23,26). The molecule has 0 saturated heterocycles. The number of anilines is 2. The van der Waals surface area contributed by atoms with Gasteiger partial charge in [0.1, 0.15) is 5.69 Å². The van der Waals surface area contributed by atoms with Crippen molar-refractivity contribution < 1.29 is 0 Å². The van der Waals surface area contributed by atoms with Crippen LogP contribution in [0.2, 0.25) is 0 Å². The maximum absolute atomic E-state index is 12.0. The van der Waals surface area contributed by atoms with E-state index >= 15 is 0 Å². The van der Waals surface area contributed by atoms with Gasteiger partial charge in [-0.3, -0.25) is 4.79 Å². The maximum Gasteiger partial charge on any atom is 0.276 e. The summed E-state index contributed by atoms with van der Waals surface area (Å²) in [6.07, 6.45) is 15.1. The molecule has 2 aliphatic rings. The van der Waals surface area contributed by atoms with Gasteiger partial charge in [0.15, 0.2) is 5.82 Å². The smallest absolute Gasteiger partial charge is 0.276 e. The Morgan fingerprint density at radius 2 is 2.11 bits per heavy atom. The number of nitrogens with one attached hydrogen (secondary N) is 2. The van der Waals surface area contributed by atoms with Gasteiger partial charge in [-0.1, -0.05) is 58.8 Å². The Balaban J connectivity index is 1.62. The van der Waals surface area contributed by atoms with E-state index in [1.807, 2.05) is 0 Å². The van der Waals surface area contributed by atoms with Crippen molar-refractivity contribution in [3.63, 3.8) is 0 Å². The fourth-order valence-corrected chi connectivity index (χ4v) is 6.25. The van der Waals surface area contributed by atoms with E-state index in [2.05, 4.69) is 45.8 Å². The van der Waals surface area contributed by atoms with Crippen LogP contribution in [0, 0.1) is 5.92 Å². The third-order valence-corrected chi connectivity index (χ3v) is 7.49. The molecule has 2 atom stereocenters. The van der Waals surface area contributed by atoms with Gasteiger partial charge >= 0.3 is 0 Å². The van der Waals surface area contributed by atoms with Crippen LogP contribution in [0.4, 0.5) is 11.5 Å². The van der Waals surface area contributed by atoms with E-state index in [1.54, 1.807) is 0 Å². The molecule has 1 saturated carbocycles. The van der Waals surface area contributed by atoms with Crippen molar-refractivity contribution in [3.8, 4) is 0 Å². The highest BCUT2D eigenvalue weighted by Gasteiger charge is 2.28. The summed E-state index contributed by atoms with van der Waals surface area (Å²) in [5.74, 6) is 1.59. The van der Waals surface area contributed by atoms with Crippen LogP contribution in [0.1, 0.15) is 78.1 Å². The van der Waals surface area contributed by atoms with Crippen molar-refractivity contribution in [1.82, 2.24) is 9.97 Å². The number of H-pyrrole nitrogens is 1. The zero-order valence-electron chi connectivity index (χ0n) is 17.0. The molecule has 0 aromatic carbocycles. The minimum Gasteiger partial charge on any atom is -0.360 e. The van der Waals surface area contributed by atoms with E-state index in [0.717, 1.165) is 23.5 Å². The van der Waals surface area contributed by atoms with Crippen LogP contribution in [0.3, 0.4) is 0 Å². The summed E-state index contributed by atoms with van der Waals surface area (Å²) in [7, 11) is 0. The van der Waals surface area contributed by atoms with Gasteiger partial charge in [0.25, 0.3) is 5.56 Å². The Bertz CT molecular complexity index is 629. The largest absolute Gasteiger partial charge is 0.360 e. The number of fused-ring (bicyclic) bond motifs is 1. The molecule has 1 aliphatic heterocycles. The van der Waals surface area contributed by atoms with Crippen molar-refractivity contribution in [2.75, 3.05) is 23.4 Å². The lowest BCUT2D eigenvalue weighted by atomic mass is 9.98. The Kier molecular flexibility index (Phi) is 7.92. The van der Waals surface area contributed by atoms with E-state index in [-0.39, 0.29) is 5.56 Å². The predicted octanol–water partition coefficient (Wildman–Crippen LogP) is 5.00. The second-order valence-electron chi connectivity index (χ2n) is 8.34. The summed E-state index contributed by atoms with van der Waals surface area (Å²) in [4.78, 5) is 21.4. The summed E-state index contributed by atoms with van der Waals surface area (Å²) in [6, 6.07) is 0.